The van der Waals surface area contributed by atoms with E-state index >= 15 is 0 Å². The van der Waals surface area contributed by atoms with Gasteiger partial charge in [-0.05, 0) is 60.8 Å². The normalized spacial score (nSPS) is 12.5. The molecule has 0 aliphatic carbocycles. The number of esters is 1. The Hall–Kier alpha value is -2.32. The standard InChI is InChI=1S/C17H32N4O5/c1-16(2,3)25-13(22)12(21-14(23)20-11-18)9-7-8-10-19-15(24)26-17(4,5)6/h11-12H,7-10H2,1-6H3,(H,19,24)(H3,18,20,21,23)/t12-/m0/s1. The van der Waals surface area contributed by atoms with Crippen molar-refractivity contribution in [3.8, 4) is 0 Å². The monoisotopic (exact) mass is 372 g/mol. The second-order valence-electron chi connectivity index (χ2n) is 7.77. The van der Waals surface area contributed by atoms with Crippen LogP contribution in [0.2, 0.25) is 0 Å². The number of alkyl carbamates (subject to hydrolysis) is 1. The van der Waals surface area contributed by atoms with Crippen LogP contribution in [-0.2, 0) is 14.3 Å². The molecule has 9 nitrogen and oxygen atoms in total. The maximum atomic E-state index is 12.2. The predicted octanol–water partition coefficient (Wildman–Crippen LogP) is 2.30. The lowest BCUT2D eigenvalue weighted by atomic mass is 10.1. The van der Waals surface area contributed by atoms with E-state index in [1.807, 2.05) is 0 Å². The molecule has 0 aliphatic heterocycles. The zero-order chi connectivity index (χ0) is 20.4. The highest BCUT2D eigenvalue weighted by Crippen LogP contribution is 2.11. The summed E-state index contributed by atoms with van der Waals surface area (Å²) in [5, 5.41) is 14.1. The SMILES string of the molecule is CC(C)(C)OC(=O)NCCCC[C@H](NC(=O)NC=N)C(=O)OC(C)(C)C. The van der Waals surface area contributed by atoms with Crippen LogP contribution in [0.15, 0.2) is 0 Å². The molecule has 0 aromatic heterocycles. The van der Waals surface area contributed by atoms with E-state index < -0.39 is 35.3 Å². The van der Waals surface area contributed by atoms with Crippen LogP contribution in [0, 0.1) is 5.41 Å². The molecule has 0 unspecified atom stereocenters. The quantitative estimate of drug-likeness (QED) is 0.225. The van der Waals surface area contributed by atoms with E-state index in [1.54, 1.807) is 41.5 Å². The second kappa shape index (κ2) is 10.6. The molecular weight excluding hydrogens is 340 g/mol. The summed E-state index contributed by atoms with van der Waals surface area (Å²) in [4.78, 5) is 35.3. The molecule has 0 spiro atoms. The Labute approximate surface area is 155 Å². The summed E-state index contributed by atoms with van der Waals surface area (Å²) in [6, 6.07) is -1.49. The number of unbranched alkanes of at least 4 members (excludes halogenated alkanes) is 1. The molecule has 0 heterocycles. The van der Waals surface area contributed by atoms with Gasteiger partial charge in [0.2, 0.25) is 0 Å². The van der Waals surface area contributed by atoms with Gasteiger partial charge in [0.15, 0.2) is 0 Å². The number of rotatable bonds is 8. The summed E-state index contributed by atoms with van der Waals surface area (Å²) < 4.78 is 10.4. The van der Waals surface area contributed by atoms with Crippen LogP contribution >= 0.6 is 0 Å². The van der Waals surface area contributed by atoms with Gasteiger partial charge < -0.3 is 20.1 Å². The summed E-state index contributed by atoms with van der Waals surface area (Å²) >= 11 is 0. The Bertz CT molecular complexity index is 494. The largest absolute Gasteiger partial charge is 0.458 e. The number of carbonyl (C=O) groups is 3. The summed E-state index contributed by atoms with van der Waals surface area (Å²) in [5.41, 5.74) is -1.23. The highest BCUT2D eigenvalue weighted by Gasteiger charge is 2.26. The molecule has 0 rings (SSSR count). The zero-order valence-electron chi connectivity index (χ0n) is 16.5. The van der Waals surface area contributed by atoms with Crippen LogP contribution < -0.4 is 16.0 Å². The fourth-order valence-corrected chi connectivity index (χ4v) is 1.87. The second-order valence-corrected chi connectivity index (χ2v) is 7.77. The first-order valence-electron chi connectivity index (χ1n) is 8.60. The van der Waals surface area contributed by atoms with Gasteiger partial charge in [0.25, 0.3) is 0 Å². The van der Waals surface area contributed by atoms with E-state index in [0.717, 1.165) is 6.34 Å². The third kappa shape index (κ3) is 13.0. The minimum absolute atomic E-state index is 0.344. The van der Waals surface area contributed by atoms with Crippen molar-refractivity contribution < 1.29 is 23.9 Å². The van der Waals surface area contributed by atoms with Crippen molar-refractivity contribution in [1.82, 2.24) is 16.0 Å². The number of nitrogens with one attached hydrogen (secondary N) is 4. The average Bonchev–Trinajstić information content (AvgIpc) is 2.42. The maximum absolute atomic E-state index is 12.2. The van der Waals surface area contributed by atoms with E-state index in [4.69, 9.17) is 14.9 Å². The highest BCUT2D eigenvalue weighted by molar-refractivity contribution is 5.89. The maximum Gasteiger partial charge on any atom is 0.407 e. The van der Waals surface area contributed by atoms with Crippen molar-refractivity contribution in [2.45, 2.75) is 78.0 Å². The van der Waals surface area contributed by atoms with Crippen molar-refractivity contribution in [3.63, 3.8) is 0 Å². The van der Waals surface area contributed by atoms with Gasteiger partial charge in [0.1, 0.15) is 17.2 Å². The van der Waals surface area contributed by atoms with Gasteiger partial charge in [-0.1, -0.05) is 0 Å². The first-order chi connectivity index (χ1) is 11.8. The molecule has 26 heavy (non-hydrogen) atoms. The van der Waals surface area contributed by atoms with Crippen LogP contribution in [0.25, 0.3) is 0 Å². The predicted molar refractivity (Wildman–Crippen MR) is 98.2 cm³/mol. The molecule has 3 amide bonds. The van der Waals surface area contributed by atoms with Crippen LogP contribution in [0.3, 0.4) is 0 Å². The summed E-state index contributed by atoms with van der Waals surface area (Å²) in [7, 11) is 0. The van der Waals surface area contributed by atoms with Gasteiger partial charge in [-0.15, -0.1) is 0 Å². The lowest BCUT2D eigenvalue weighted by Gasteiger charge is -2.24. The minimum Gasteiger partial charge on any atom is -0.458 e. The number of ether oxygens (including phenoxy) is 2. The molecule has 0 bridgehead atoms. The smallest absolute Gasteiger partial charge is 0.407 e. The summed E-state index contributed by atoms with van der Waals surface area (Å²) in [6.07, 6.45) is 1.75. The van der Waals surface area contributed by atoms with Gasteiger partial charge in [-0.3, -0.25) is 10.7 Å². The summed E-state index contributed by atoms with van der Waals surface area (Å²) in [6.45, 7) is 11.0. The zero-order valence-corrected chi connectivity index (χ0v) is 16.5. The fourth-order valence-electron chi connectivity index (χ4n) is 1.87. The molecule has 0 aliphatic rings. The highest BCUT2D eigenvalue weighted by atomic mass is 16.6. The van der Waals surface area contributed by atoms with Crippen LogP contribution in [0.1, 0.15) is 60.8 Å². The van der Waals surface area contributed by atoms with Crippen LogP contribution in [-0.4, -0.2) is 48.2 Å². The van der Waals surface area contributed by atoms with Gasteiger partial charge in [-0.25, -0.2) is 14.4 Å². The Kier molecular flexibility index (Phi) is 9.67. The number of hydrogen-bond donors (Lipinski definition) is 4. The Morgan fingerprint density at radius 2 is 1.58 bits per heavy atom. The van der Waals surface area contributed by atoms with Crippen molar-refractivity contribution >= 4 is 24.4 Å². The van der Waals surface area contributed by atoms with Gasteiger partial charge in [0, 0.05) is 6.54 Å². The lowest BCUT2D eigenvalue weighted by Crippen LogP contribution is -2.47. The first-order valence-corrected chi connectivity index (χ1v) is 8.60. The van der Waals surface area contributed by atoms with Gasteiger partial charge in [0.05, 0.1) is 6.34 Å². The van der Waals surface area contributed by atoms with Crippen LogP contribution in [0.5, 0.6) is 0 Å². The molecule has 1 atom stereocenters. The topological polar surface area (TPSA) is 130 Å². The molecule has 0 saturated heterocycles. The van der Waals surface area contributed by atoms with Crippen molar-refractivity contribution in [1.29, 1.82) is 5.41 Å². The average molecular weight is 372 g/mol. The fraction of sp³-hybridized carbons (Fsp3) is 0.765. The van der Waals surface area contributed by atoms with E-state index in [-0.39, 0.29) is 0 Å². The Balaban J connectivity index is 4.41. The number of hydrogen-bond acceptors (Lipinski definition) is 6. The van der Waals surface area contributed by atoms with Crippen LogP contribution in [0.4, 0.5) is 9.59 Å². The molecule has 0 aromatic rings. The van der Waals surface area contributed by atoms with E-state index in [1.165, 1.54) is 0 Å². The van der Waals surface area contributed by atoms with E-state index in [0.29, 0.717) is 25.8 Å². The lowest BCUT2D eigenvalue weighted by molar-refractivity contribution is -0.157. The molecule has 9 heteroatoms. The molecule has 0 fully saturated rings. The molecular formula is C17H32N4O5. The Morgan fingerprint density at radius 3 is 2.08 bits per heavy atom. The summed E-state index contributed by atoms with van der Waals surface area (Å²) in [5.74, 6) is -0.544. The number of amides is 3. The first kappa shape index (κ1) is 23.7. The van der Waals surface area contributed by atoms with Gasteiger partial charge in [-0.2, -0.15) is 0 Å². The van der Waals surface area contributed by atoms with E-state index in [2.05, 4.69) is 16.0 Å². The molecule has 150 valence electrons. The molecule has 4 N–H and O–H groups in total. The molecule has 0 aromatic carbocycles. The number of urea groups is 1. The van der Waals surface area contributed by atoms with Crippen molar-refractivity contribution in [2.75, 3.05) is 6.54 Å². The molecule has 0 radical (unpaired) electrons. The third-order valence-electron chi connectivity index (χ3n) is 2.79. The number of carbonyl (C=O) groups excluding carboxylic acids is 3. The van der Waals surface area contributed by atoms with E-state index in [9.17, 15) is 14.4 Å². The van der Waals surface area contributed by atoms with Crippen molar-refractivity contribution in [3.05, 3.63) is 0 Å². The third-order valence-corrected chi connectivity index (χ3v) is 2.79. The van der Waals surface area contributed by atoms with Gasteiger partial charge >= 0.3 is 18.1 Å². The van der Waals surface area contributed by atoms with Crippen molar-refractivity contribution in [2.24, 2.45) is 0 Å². The Morgan fingerprint density at radius 1 is 1.00 bits per heavy atom. The molecule has 0 saturated carbocycles. The minimum atomic E-state index is -0.837.